The summed E-state index contributed by atoms with van der Waals surface area (Å²) in [4.78, 5) is 21.7. The number of esters is 1. The first kappa shape index (κ1) is 16.1. The fourth-order valence-electron chi connectivity index (χ4n) is 1.92. The van der Waals surface area contributed by atoms with Gasteiger partial charge in [0.05, 0.1) is 11.5 Å². The van der Waals surface area contributed by atoms with E-state index in [1.54, 1.807) is 26.0 Å². The number of carbonyl (C=O) groups is 1. The summed E-state index contributed by atoms with van der Waals surface area (Å²) in [5.74, 6) is -0.241. The van der Waals surface area contributed by atoms with Crippen molar-refractivity contribution in [3.05, 3.63) is 39.4 Å². The Kier molecular flexibility index (Phi) is 6.11. The summed E-state index contributed by atoms with van der Waals surface area (Å²) in [5, 5.41) is 10.9. The quantitative estimate of drug-likeness (QED) is 0.470. The van der Waals surface area contributed by atoms with Crippen molar-refractivity contribution in [2.24, 2.45) is 5.73 Å². The van der Waals surface area contributed by atoms with Crippen LogP contribution in [-0.2, 0) is 9.53 Å². The Labute approximate surface area is 118 Å². The van der Waals surface area contributed by atoms with Gasteiger partial charge in [0.15, 0.2) is 0 Å². The first-order valence-electron chi connectivity index (χ1n) is 6.61. The molecule has 0 saturated carbocycles. The highest BCUT2D eigenvalue weighted by Gasteiger charge is 2.15. The number of nitro benzene ring substituents is 1. The minimum absolute atomic E-state index is 0.0725. The molecule has 20 heavy (non-hydrogen) atoms. The highest BCUT2D eigenvalue weighted by molar-refractivity contribution is 5.69. The van der Waals surface area contributed by atoms with Crippen LogP contribution in [0.1, 0.15) is 43.4 Å². The molecule has 0 spiro atoms. The zero-order valence-corrected chi connectivity index (χ0v) is 11.8. The molecule has 6 nitrogen and oxygen atoms in total. The number of hydrogen-bond acceptors (Lipinski definition) is 5. The standard InChI is InChI=1S/C14H20N2O4/c1-3-20-14(17)6-4-5-12(15)11-8-7-10(2)13(9-11)16(18)19/h7-9,12H,3-6,15H2,1-2H3. The smallest absolute Gasteiger partial charge is 0.305 e. The maximum absolute atomic E-state index is 11.2. The van der Waals surface area contributed by atoms with Gasteiger partial charge in [-0.1, -0.05) is 12.1 Å². The fourth-order valence-corrected chi connectivity index (χ4v) is 1.92. The van der Waals surface area contributed by atoms with Gasteiger partial charge in [0.25, 0.3) is 5.69 Å². The molecule has 0 aliphatic heterocycles. The van der Waals surface area contributed by atoms with E-state index in [1.165, 1.54) is 6.07 Å². The highest BCUT2D eigenvalue weighted by Crippen LogP contribution is 2.24. The van der Waals surface area contributed by atoms with E-state index in [2.05, 4.69) is 0 Å². The predicted octanol–water partition coefficient (Wildman–Crippen LogP) is 2.64. The van der Waals surface area contributed by atoms with E-state index in [-0.39, 0.29) is 17.7 Å². The van der Waals surface area contributed by atoms with Gasteiger partial charge >= 0.3 is 5.97 Å². The molecule has 0 saturated heterocycles. The van der Waals surface area contributed by atoms with E-state index in [0.717, 1.165) is 0 Å². The first-order chi connectivity index (χ1) is 9.45. The van der Waals surface area contributed by atoms with Crippen LogP contribution in [0.5, 0.6) is 0 Å². The third-order valence-corrected chi connectivity index (χ3v) is 3.06. The number of nitro groups is 1. The molecule has 1 rings (SSSR count). The lowest BCUT2D eigenvalue weighted by Gasteiger charge is -2.12. The SMILES string of the molecule is CCOC(=O)CCCC(N)c1ccc(C)c([N+](=O)[O-])c1. The summed E-state index contributed by atoms with van der Waals surface area (Å²) >= 11 is 0. The second-order valence-electron chi connectivity index (χ2n) is 4.61. The van der Waals surface area contributed by atoms with Crippen molar-refractivity contribution >= 4 is 11.7 Å². The van der Waals surface area contributed by atoms with E-state index >= 15 is 0 Å². The summed E-state index contributed by atoms with van der Waals surface area (Å²) in [6.45, 7) is 3.82. The molecule has 0 fully saturated rings. The Bertz CT molecular complexity index is 488. The number of hydrogen-bond donors (Lipinski definition) is 1. The van der Waals surface area contributed by atoms with Gasteiger partial charge in [0.2, 0.25) is 0 Å². The third kappa shape index (κ3) is 4.62. The lowest BCUT2D eigenvalue weighted by Crippen LogP contribution is -2.12. The lowest BCUT2D eigenvalue weighted by molar-refractivity contribution is -0.385. The molecule has 0 aliphatic rings. The largest absolute Gasteiger partial charge is 0.466 e. The Hall–Kier alpha value is -1.95. The monoisotopic (exact) mass is 280 g/mol. The van der Waals surface area contributed by atoms with Gasteiger partial charge in [-0.15, -0.1) is 0 Å². The van der Waals surface area contributed by atoms with E-state index in [1.807, 2.05) is 0 Å². The summed E-state index contributed by atoms with van der Waals surface area (Å²) in [6.07, 6.45) is 1.50. The molecular formula is C14H20N2O4. The Balaban J connectivity index is 2.59. The molecule has 0 bridgehead atoms. The lowest BCUT2D eigenvalue weighted by atomic mass is 10.00. The summed E-state index contributed by atoms with van der Waals surface area (Å²) in [6, 6.07) is 4.67. The van der Waals surface area contributed by atoms with Crippen LogP contribution in [0.25, 0.3) is 0 Å². The maximum Gasteiger partial charge on any atom is 0.305 e. The topological polar surface area (TPSA) is 95.5 Å². The number of rotatable bonds is 7. The van der Waals surface area contributed by atoms with Crippen molar-refractivity contribution in [2.45, 2.75) is 39.2 Å². The Morgan fingerprint density at radius 2 is 2.20 bits per heavy atom. The van der Waals surface area contributed by atoms with Crippen LogP contribution >= 0.6 is 0 Å². The molecular weight excluding hydrogens is 260 g/mol. The molecule has 0 aromatic heterocycles. The van der Waals surface area contributed by atoms with Crippen molar-refractivity contribution < 1.29 is 14.5 Å². The molecule has 0 amide bonds. The zero-order chi connectivity index (χ0) is 15.1. The van der Waals surface area contributed by atoms with Crippen LogP contribution in [0.4, 0.5) is 5.69 Å². The number of nitrogens with zero attached hydrogens (tertiary/aromatic N) is 1. The van der Waals surface area contributed by atoms with E-state index in [4.69, 9.17) is 10.5 Å². The Morgan fingerprint density at radius 1 is 1.50 bits per heavy atom. The summed E-state index contributed by atoms with van der Waals surface area (Å²) in [7, 11) is 0. The van der Waals surface area contributed by atoms with Crippen LogP contribution in [-0.4, -0.2) is 17.5 Å². The second kappa shape index (κ2) is 7.59. The Morgan fingerprint density at radius 3 is 2.80 bits per heavy atom. The van der Waals surface area contributed by atoms with E-state index < -0.39 is 4.92 Å². The van der Waals surface area contributed by atoms with Gasteiger partial charge in [-0.05, 0) is 32.3 Å². The normalized spacial score (nSPS) is 11.9. The van der Waals surface area contributed by atoms with Crippen molar-refractivity contribution in [3.63, 3.8) is 0 Å². The number of ether oxygens (including phenoxy) is 1. The predicted molar refractivity (Wildman–Crippen MR) is 75.2 cm³/mol. The fraction of sp³-hybridized carbons (Fsp3) is 0.500. The van der Waals surface area contributed by atoms with Crippen LogP contribution in [0.3, 0.4) is 0 Å². The highest BCUT2D eigenvalue weighted by atomic mass is 16.6. The van der Waals surface area contributed by atoms with E-state index in [0.29, 0.717) is 37.0 Å². The van der Waals surface area contributed by atoms with Gasteiger partial charge in [-0.2, -0.15) is 0 Å². The minimum Gasteiger partial charge on any atom is -0.466 e. The molecule has 1 aromatic rings. The van der Waals surface area contributed by atoms with Crippen molar-refractivity contribution in [2.75, 3.05) is 6.61 Å². The number of carbonyl (C=O) groups excluding carboxylic acids is 1. The van der Waals surface area contributed by atoms with Crippen LogP contribution in [0.15, 0.2) is 18.2 Å². The van der Waals surface area contributed by atoms with Crippen LogP contribution < -0.4 is 5.73 Å². The van der Waals surface area contributed by atoms with E-state index in [9.17, 15) is 14.9 Å². The van der Waals surface area contributed by atoms with Gasteiger partial charge in [0, 0.05) is 24.1 Å². The molecule has 0 aliphatic carbocycles. The number of aryl methyl sites for hydroxylation is 1. The first-order valence-corrected chi connectivity index (χ1v) is 6.61. The number of benzene rings is 1. The van der Waals surface area contributed by atoms with Crippen molar-refractivity contribution in [3.8, 4) is 0 Å². The van der Waals surface area contributed by atoms with Gasteiger partial charge in [-0.25, -0.2) is 0 Å². The second-order valence-corrected chi connectivity index (χ2v) is 4.61. The molecule has 0 heterocycles. The summed E-state index contributed by atoms with van der Waals surface area (Å²) < 4.78 is 4.83. The molecule has 6 heteroatoms. The average Bonchev–Trinajstić information content (AvgIpc) is 2.39. The van der Waals surface area contributed by atoms with Crippen LogP contribution in [0.2, 0.25) is 0 Å². The minimum atomic E-state index is -0.413. The average molecular weight is 280 g/mol. The van der Waals surface area contributed by atoms with Gasteiger partial charge < -0.3 is 10.5 Å². The third-order valence-electron chi connectivity index (χ3n) is 3.06. The molecule has 1 unspecified atom stereocenters. The number of nitrogens with two attached hydrogens (primary N) is 1. The molecule has 110 valence electrons. The summed E-state index contributed by atoms with van der Waals surface area (Å²) in [5.41, 5.74) is 7.39. The van der Waals surface area contributed by atoms with Gasteiger partial charge in [0.1, 0.15) is 0 Å². The molecule has 1 atom stereocenters. The molecule has 0 radical (unpaired) electrons. The van der Waals surface area contributed by atoms with Gasteiger partial charge in [-0.3, -0.25) is 14.9 Å². The maximum atomic E-state index is 11.2. The van der Waals surface area contributed by atoms with Crippen molar-refractivity contribution in [1.82, 2.24) is 0 Å². The molecule has 2 N–H and O–H groups in total. The van der Waals surface area contributed by atoms with Crippen molar-refractivity contribution in [1.29, 1.82) is 0 Å². The van der Waals surface area contributed by atoms with Crippen LogP contribution in [0, 0.1) is 17.0 Å². The zero-order valence-electron chi connectivity index (χ0n) is 11.8. The molecule has 1 aromatic carbocycles.